The molecule has 0 bridgehead atoms. The summed E-state index contributed by atoms with van der Waals surface area (Å²) in [4.78, 5) is 25.0. The van der Waals surface area contributed by atoms with E-state index in [2.05, 4.69) is 5.32 Å². The Balaban J connectivity index is 1.86. The lowest BCUT2D eigenvalue weighted by Crippen LogP contribution is -2.40. The van der Waals surface area contributed by atoms with Gasteiger partial charge in [-0.25, -0.2) is 4.79 Å². The van der Waals surface area contributed by atoms with Gasteiger partial charge >= 0.3 is 5.97 Å². The summed E-state index contributed by atoms with van der Waals surface area (Å²) in [6.45, 7) is 1.61. The minimum atomic E-state index is -0.765. The number of hydrogen-bond donors (Lipinski definition) is 1. The van der Waals surface area contributed by atoms with Gasteiger partial charge in [0.25, 0.3) is 5.91 Å². The summed E-state index contributed by atoms with van der Waals surface area (Å²) in [5.74, 6) is -0.673. The molecule has 0 heterocycles. The maximum absolute atomic E-state index is 12.0. The summed E-state index contributed by atoms with van der Waals surface area (Å²) in [5.41, 5.74) is 0.466. The molecule has 1 aromatic carbocycles. The minimum absolute atomic E-state index is 0.212. The molecule has 1 fully saturated rings. The van der Waals surface area contributed by atoms with Gasteiger partial charge in [-0.2, -0.15) is 0 Å². The Kier molecular flexibility index (Phi) is 5.67. The normalized spacial score (nSPS) is 16.5. The first-order valence-corrected chi connectivity index (χ1v) is 8.48. The zero-order valence-electron chi connectivity index (χ0n) is 12.4. The highest BCUT2D eigenvalue weighted by Crippen LogP contribution is 2.18. The van der Waals surface area contributed by atoms with Crippen molar-refractivity contribution in [2.45, 2.75) is 49.6 Å². The number of amides is 1. The van der Waals surface area contributed by atoms with Crippen molar-refractivity contribution in [2.75, 3.05) is 6.26 Å². The quantitative estimate of drug-likeness (QED) is 0.671. The fourth-order valence-electron chi connectivity index (χ4n) is 2.40. The second-order valence-electron chi connectivity index (χ2n) is 5.27. The monoisotopic (exact) mass is 307 g/mol. The highest BCUT2D eigenvalue weighted by molar-refractivity contribution is 7.98. The van der Waals surface area contributed by atoms with Crippen molar-refractivity contribution in [3.8, 4) is 0 Å². The number of hydrogen-bond acceptors (Lipinski definition) is 4. The van der Waals surface area contributed by atoms with Gasteiger partial charge < -0.3 is 10.1 Å². The van der Waals surface area contributed by atoms with Gasteiger partial charge in [-0.3, -0.25) is 4.79 Å². The van der Waals surface area contributed by atoms with Crippen LogP contribution in [-0.2, 0) is 9.53 Å². The first kappa shape index (κ1) is 15.9. The number of carbonyl (C=O) groups excluding carboxylic acids is 2. The van der Waals surface area contributed by atoms with Crippen LogP contribution < -0.4 is 5.32 Å². The summed E-state index contributed by atoms with van der Waals surface area (Å²) in [5, 5.41) is 2.93. The van der Waals surface area contributed by atoms with Crippen LogP contribution in [0.15, 0.2) is 29.2 Å². The molecule has 1 aromatic rings. The molecule has 0 saturated heterocycles. The lowest BCUT2D eigenvalue weighted by Gasteiger charge is -2.17. The van der Waals surface area contributed by atoms with E-state index in [0.717, 1.165) is 30.6 Å². The van der Waals surface area contributed by atoms with E-state index in [1.807, 2.05) is 18.4 Å². The summed E-state index contributed by atoms with van der Waals surface area (Å²) >= 11 is 1.61. The molecule has 0 aliphatic heterocycles. The van der Waals surface area contributed by atoms with Crippen LogP contribution in [0, 0.1) is 0 Å². The third-order valence-corrected chi connectivity index (χ3v) is 4.42. The van der Waals surface area contributed by atoms with Crippen molar-refractivity contribution in [1.29, 1.82) is 0 Å². The Bertz CT molecular complexity index is 495. The first-order chi connectivity index (χ1) is 10.1. The Labute approximate surface area is 129 Å². The van der Waals surface area contributed by atoms with Gasteiger partial charge in [0.05, 0.1) is 5.56 Å². The molecule has 2 rings (SSSR count). The fourth-order valence-corrected chi connectivity index (χ4v) is 2.81. The molecular weight excluding hydrogens is 286 g/mol. The highest BCUT2D eigenvalue weighted by atomic mass is 32.2. The average Bonchev–Trinajstić information content (AvgIpc) is 3.00. The van der Waals surface area contributed by atoms with E-state index >= 15 is 0 Å². The van der Waals surface area contributed by atoms with Crippen LogP contribution in [0.1, 0.15) is 43.0 Å². The molecule has 4 nitrogen and oxygen atoms in total. The molecular formula is C16H21NO3S. The molecule has 0 radical (unpaired) electrons. The molecule has 5 heteroatoms. The third kappa shape index (κ3) is 4.49. The van der Waals surface area contributed by atoms with Gasteiger partial charge in [0, 0.05) is 10.9 Å². The molecule has 1 atom stereocenters. The number of ether oxygens (including phenoxy) is 1. The van der Waals surface area contributed by atoms with Crippen molar-refractivity contribution in [1.82, 2.24) is 5.32 Å². The van der Waals surface area contributed by atoms with Gasteiger partial charge in [-0.05, 0) is 50.3 Å². The van der Waals surface area contributed by atoms with Crippen LogP contribution in [-0.4, -0.2) is 30.3 Å². The zero-order valence-corrected chi connectivity index (χ0v) is 13.2. The smallest absolute Gasteiger partial charge is 0.338 e. The fraction of sp³-hybridized carbons (Fsp3) is 0.500. The average molecular weight is 307 g/mol. The van der Waals surface area contributed by atoms with Crippen molar-refractivity contribution in [3.05, 3.63) is 29.8 Å². The second-order valence-corrected chi connectivity index (χ2v) is 6.15. The zero-order chi connectivity index (χ0) is 15.2. The molecule has 21 heavy (non-hydrogen) atoms. The molecule has 1 amide bonds. The molecule has 0 spiro atoms. The number of carbonyl (C=O) groups is 2. The van der Waals surface area contributed by atoms with Crippen LogP contribution >= 0.6 is 11.8 Å². The van der Waals surface area contributed by atoms with Gasteiger partial charge in [-0.1, -0.05) is 12.8 Å². The number of nitrogens with one attached hydrogen (secondary N) is 1. The summed E-state index contributed by atoms with van der Waals surface area (Å²) in [6.07, 6.45) is 5.55. The lowest BCUT2D eigenvalue weighted by atomic mass is 10.2. The predicted molar refractivity (Wildman–Crippen MR) is 83.5 cm³/mol. The predicted octanol–water partition coefficient (Wildman–Crippen LogP) is 3.01. The van der Waals surface area contributed by atoms with Gasteiger partial charge in [0.15, 0.2) is 6.10 Å². The summed E-state index contributed by atoms with van der Waals surface area (Å²) in [6, 6.07) is 7.40. The minimum Gasteiger partial charge on any atom is -0.449 e. The van der Waals surface area contributed by atoms with Gasteiger partial charge in [0.2, 0.25) is 0 Å². The molecule has 114 valence electrons. The molecule has 1 aliphatic carbocycles. The van der Waals surface area contributed by atoms with Crippen LogP contribution in [0.25, 0.3) is 0 Å². The van der Waals surface area contributed by atoms with Crippen LogP contribution in [0.4, 0.5) is 0 Å². The van der Waals surface area contributed by atoms with Crippen molar-refractivity contribution in [2.24, 2.45) is 0 Å². The van der Waals surface area contributed by atoms with E-state index in [1.54, 1.807) is 30.8 Å². The molecule has 0 aromatic heterocycles. The van der Waals surface area contributed by atoms with E-state index in [9.17, 15) is 9.59 Å². The third-order valence-electron chi connectivity index (χ3n) is 3.68. The van der Waals surface area contributed by atoms with Gasteiger partial charge in [-0.15, -0.1) is 11.8 Å². The summed E-state index contributed by atoms with van der Waals surface area (Å²) in [7, 11) is 0. The van der Waals surface area contributed by atoms with E-state index in [4.69, 9.17) is 4.74 Å². The van der Waals surface area contributed by atoms with Crippen molar-refractivity contribution < 1.29 is 14.3 Å². The van der Waals surface area contributed by atoms with Crippen LogP contribution in [0.3, 0.4) is 0 Å². The first-order valence-electron chi connectivity index (χ1n) is 7.25. The van der Waals surface area contributed by atoms with Crippen molar-refractivity contribution >= 4 is 23.6 Å². The lowest BCUT2D eigenvalue weighted by molar-refractivity contribution is -0.129. The van der Waals surface area contributed by atoms with Crippen molar-refractivity contribution in [3.63, 3.8) is 0 Å². The molecule has 1 N–H and O–H groups in total. The molecule has 1 saturated carbocycles. The van der Waals surface area contributed by atoms with Crippen LogP contribution in [0.5, 0.6) is 0 Å². The van der Waals surface area contributed by atoms with Gasteiger partial charge in [0.1, 0.15) is 0 Å². The molecule has 1 aliphatic rings. The largest absolute Gasteiger partial charge is 0.449 e. The van der Waals surface area contributed by atoms with E-state index < -0.39 is 12.1 Å². The van der Waals surface area contributed by atoms with E-state index in [0.29, 0.717) is 5.56 Å². The number of esters is 1. The SMILES string of the molecule is CSc1ccc(C(=O)O[C@H](C)C(=O)NC2CCCC2)cc1. The Hall–Kier alpha value is -1.49. The number of rotatable bonds is 5. The highest BCUT2D eigenvalue weighted by Gasteiger charge is 2.23. The topological polar surface area (TPSA) is 55.4 Å². The Morgan fingerprint density at radius 1 is 1.24 bits per heavy atom. The number of thioether (sulfide) groups is 1. The van der Waals surface area contributed by atoms with E-state index in [1.165, 1.54) is 0 Å². The number of benzene rings is 1. The maximum Gasteiger partial charge on any atom is 0.338 e. The van der Waals surface area contributed by atoms with E-state index in [-0.39, 0.29) is 11.9 Å². The standard InChI is InChI=1S/C16H21NO3S/c1-11(15(18)17-13-5-3-4-6-13)20-16(19)12-7-9-14(21-2)10-8-12/h7-11,13H,3-6H2,1-2H3,(H,17,18)/t11-/m1/s1. The van der Waals surface area contributed by atoms with Crippen LogP contribution in [0.2, 0.25) is 0 Å². The molecule has 0 unspecified atom stereocenters. The maximum atomic E-state index is 12.0. The summed E-state index contributed by atoms with van der Waals surface area (Å²) < 4.78 is 5.22. The Morgan fingerprint density at radius 3 is 2.43 bits per heavy atom. The Morgan fingerprint density at radius 2 is 1.86 bits per heavy atom. The second kappa shape index (κ2) is 7.50.